The number of carbonyl (C=O) groups excluding carboxylic acids is 2. The molecule has 2 saturated carbocycles. The summed E-state index contributed by atoms with van der Waals surface area (Å²) in [5.41, 5.74) is 0.952. The van der Waals surface area contributed by atoms with E-state index in [0.717, 1.165) is 12.8 Å². The first kappa shape index (κ1) is 22.6. The van der Waals surface area contributed by atoms with E-state index in [9.17, 15) is 18.4 Å². The van der Waals surface area contributed by atoms with E-state index in [0.29, 0.717) is 35.5 Å². The van der Waals surface area contributed by atoms with E-state index in [1.54, 1.807) is 39.0 Å². The van der Waals surface area contributed by atoms with Crippen LogP contribution in [0, 0.1) is 5.41 Å². The SMILES string of the molecule is COC(=O)c1ccc(C2=CC3(CCN2C(=O)OC(C)(C)C)CC(F)(F)C3)c(NC2CC2)c1. The van der Waals surface area contributed by atoms with E-state index in [1.807, 2.05) is 6.08 Å². The number of ether oxygens (including phenoxy) is 2. The lowest BCUT2D eigenvalue weighted by molar-refractivity contribution is -0.146. The van der Waals surface area contributed by atoms with Crippen molar-refractivity contribution in [1.29, 1.82) is 0 Å². The number of nitrogens with one attached hydrogen (secondary N) is 1. The van der Waals surface area contributed by atoms with Gasteiger partial charge in [0.05, 0.1) is 18.4 Å². The first-order valence-electron chi connectivity index (χ1n) is 11.0. The average Bonchev–Trinajstić information content (AvgIpc) is 3.48. The Labute approximate surface area is 186 Å². The normalized spacial score (nSPS) is 21.4. The van der Waals surface area contributed by atoms with Crippen molar-refractivity contribution < 1.29 is 27.8 Å². The summed E-state index contributed by atoms with van der Waals surface area (Å²) in [6.07, 6.45) is 3.31. The first-order chi connectivity index (χ1) is 14.9. The molecule has 1 aromatic rings. The lowest BCUT2D eigenvalue weighted by atomic mass is 9.62. The molecule has 0 bridgehead atoms. The molecule has 6 nitrogen and oxygen atoms in total. The number of carbonyl (C=O) groups is 2. The van der Waals surface area contributed by atoms with Crippen LogP contribution in [-0.2, 0) is 9.47 Å². The summed E-state index contributed by atoms with van der Waals surface area (Å²) in [7, 11) is 1.32. The molecule has 0 radical (unpaired) electrons. The van der Waals surface area contributed by atoms with Crippen LogP contribution in [0.5, 0.6) is 0 Å². The third-order valence-corrected chi connectivity index (χ3v) is 6.06. The quantitative estimate of drug-likeness (QED) is 0.621. The maximum Gasteiger partial charge on any atom is 0.414 e. The van der Waals surface area contributed by atoms with Crippen LogP contribution in [-0.4, -0.2) is 48.2 Å². The van der Waals surface area contributed by atoms with Crippen LogP contribution in [0.2, 0.25) is 0 Å². The number of anilines is 1. The number of amides is 1. The van der Waals surface area contributed by atoms with Gasteiger partial charge in [0.15, 0.2) is 0 Å². The minimum atomic E-state index is -2.68. The van der Waals surface area contributed by atoms with Crippen LogP contribution in [0.3, 0.4) is 0 Å². The number of hydrogen-bond acceptors (Lipinski definition) is 5. The summed E-state index contributed by atoms with van der Waals surface area (Å²) in [5.74, 6) is -3.15. The van der Waals surface area contributed by atoms with Gasteiger partial charge in [-0.15, -0.1) is 0 Å². The van der Waals surface area contributed by atoms with Crippen molar-refractivity contribution in [3.63, 3.8) is 0 Å². The van der Waals surface area contributed by atoms with E-state index in [2.05, 4.69) is 5.32 Å². The van der Waals surface area contributed by atoms with Gasteiger partial charge in [0.25, 0.3) is 0 Å². The largest absolute Gasteiger partial charge is 0.465 e. The van der Waals surface area contributed by atoms with Crippen molar-refractivity contribution in [2.45, 2.75) is 70.4 Å². The number of rotatable bonds is 4. The molecule has 1 heterocycles. The second kappa shape index (κ2) is 7.74. The zero-order chi connectivity index (χ0) is 23.3. The fraction of sp³-hybridized carbons (Fsp3) is 0.583. The summed E-state index contributed by atoms with van der Waals surface area (Å²) in [6, 6.07) is 5.35. The van der Waals surface area contributed by atoms with Gasteiger partial charge in [0.1, 0.15) is 5.60 Å². The summed E-state index contributed by atoms with van der Waals surface area (Å²) in [4.78, 5) is 26.6. The molecule has 174 valence electrons. The highest BCUT2D eigenvalue weighted by molar-refractivity contribution is 5.93. The predicted molar refractivity (Wildman–Crippen MR) is 117 cm³/mol. The van der Waals surface area contributed by atoms with E-state index in [1.165, 1.54) is 12.0 Å². The molecule has 1 aromatic carbocycles. The number of esters is 1. The molecule has 2 aliphatic carbocycles. The average molecular weight is 449 g/mol. The van der Waals surface area contributed by atoms with Crippen LogP contribution in [0.25, 0.3) is 5.70 Å². The molecule has 2 fully saturated rings. The minimum absolute atomic E-state index is 0.225. The van der Waals surface area contributed by atoms with Crippen molar-refractivity contribution in [1.82, 2.24) is 4.90 Å². The number of alkyl halides is 2. The maximum absolute atomic E-state index is 13.8. The van der Waals surface area contributed by atoms with Crippen LogP contribution in [0.4, 0.5) is 19.3 Å². The van der Waals surface area contributed by atoms with Gasteiger partial charge >= 0.3 is 12.1 Å². The van der Waals surface area contributed by atoms with Gasteiger partial charge in [0, 0.05) is 42.1 Å². The lowest BCUT2D eigenvalue weighted by Crippen LogP contribution is -2.50. The third-order valence-electron chi connectivity index (χ3n) is 6.06. The van der Waals surface area contributed by atoms with Crippen LogP contribution in [0.1, 0.15) is 68.8 Å². The van der Waals surface area contributed by atoms with Crippen molar-refractivity contribution in [2.24, 2.45) is 5.41 Å². The molecule has 32 heavy (non-hydrogen) atoms. The van der Waals surface area contributed by atoms with Gasteiger partial charge in [-0.2, -0.15) is 0 Å². The van der Waals surface area contributed by atoms with E-state index >= 15 is 0 Å². The zero-order valence-corrected chi connectivity index (χ0v) is 19.0. The molecule has 0 unspecified atom stereocenters. The fourth-order valence-electron chi connectivity index (χ4n) is 4.46. The molecule has 1 N–H and O–H groups in total. The minimum Gasteiger partial charge on any atom is -0.465 e. The number of allylic oxidation sites excluding steroid dienone is 1. The van der Waals surface area contributed by atoms with Crippen LogP contribution in [0.15, 0.2) is 24.3 Å². The number of halogens is 2. The zero-order valence-electron chi connectivity index (χ0n) is 19.0. The highest BCUT2D eigenvalue weighted by Gasteiger charge is 2.57. The Hall–Kier alpha value is -2.64. The Morgan fingerprint density at radius 2 is 1.88 bits per heavy atom. The molecule has 1 spiro atoms. The van der Waals surface area contributed by atoms with E-state index in [-0.39, 0.29) is 18.9 Å². The Kier molecular flexibility index (Phi) is 5.46. The van der Waals surface area contributed by atoms with Gasteiger partial charge in [0.2, 0.25) is 5.92 Å². The molecule has 1 amide bonds. The van der Waals surface area contributed by atoms with Crippen molar-refractivity contribution >= 4 is 23.4 Å². The fourth-order valence-corrected chi connectivity index (χ4v) is 4.46. The Morgan fingerprint density at radius 3 is 2.44 bits per heavy atom. The highest BCUT2D eigenvalue weighted by Crippen LogP contribution is 2.58. The standard InChI is InChI=1S/C24H30F2N2O4/c1-22(2,3)32-21(30)28-10-9-23(13-24(25,26)14-23)12-19(28)17-8-5-15(20(29)31-4)11-18(17)27-16-6-7-16/h5,8,11-12,16,27H,6-7,9-10,13-14H2,1-4H3. The second-order valence-corrected chi connectivity index (χ2v) is 10.2. The topological polar surface area (TPSA) is 67.9 Å². The van der Waals surface area contributed by atoms with Crippen LogP contribution >= 0.6 is 0 Å². The Bertz CT molecular complexity index is 955. The second-order valence-electron chi connectivity index (χ2n) is 10.2. The molecular formula is C24H30F2N2O4. The Balaban J connectivity index is 1.76. The number of hydrogen-bond donors (Lipinski definition) is 1. The summed E-state index contributed by atoms with van der Waals surface area (Å²) < 4.78 is 38.1. The Morgan fingerprint density at radius 1 is 1.19 bits per heavy atom. The molecular weight excluding hydrogens is 418 g/mol. The lowest BCUT2D eigenvalue weighted by Gasteiger charge is -2.50. The van der Waals surface area contributed by atoms with E-state index < -0.39 is 29.0 Å². The van der Waals surface area contributed by atoms with Gasteiger partial charge < -0.3 is 14.8 Å². The predicted octanol–water partition coefficient (Wildman–Crippen LogP) is 5.44. The van der Waals surface area contributed by atoms with Crippen molar-refractivity contribution in [2.75, 3.05) is 19.0 Å². The monoisotopic (exact) mass is 448 g/mol. The number of methoxy groups -OCH3 is 1. The molecule has 1 aliphatic heterocycles. The number of nitrogens with zero attached hydrogens (tertiary/aromatic N) is 1. The third kappa shape index (κ3) is 4.74. The van der Waals surface area contributed by atoms with E-state index in [4.69, 9.17) is 9.47 Å². The van der Waals surface area contributed by atoms with Gasteiger partial charge in [-0.3, -0.25) is 4.90 Å². The molecule has 0 atom stereocenters. The molecule has 8 heteroatoms. The van der Waals surface area contributed by atoms with Gasteiger partial charge in [-0.25, -0.2) is 18.4 Å². The summed E-state index contributed by atoms with van der Waals surface area (Å²) in [6.45, 7) is 5.66. The molecule has 4 rings (SSSR count). The highest BCUT2D eigenvalue weighted by atomic mass is 19.3. The van der Waals surface area contributed by atoms with Gasteiger partial charge in [-0.05, 0) is 58.2 Å². The number of benzene rings is 1. The van der Waals surface area contributed by atoms with Crippen molar-refractivity contribution in [3.05, 3.63) is 35.4 Å². The molecule has 3 aliphatic rings. The van der Waals surface area contributed by atoms with Gasteiger partial charge in [-0.1, -0.05) is 6.08 Å². The summed E-state index contributed by atoms with van der Waals surface area (Å²) in [5, 5.41) is 3.41. The molecule has 0 aromatic heterocycles. The summed E-state index contributed by atoms with van der Waals surface area (Å²) >= 11 is 0. The first-order valence-corrected chi connectivity index (χ1v) is 11.0. The maximum atomic E-state index is 13.8. The molecule has 0 saturated heterocycles. The van der Waals surface area contributed by atoms with Crippen molar-refractivity contribution in [3.8, 4) is 0 Å². The smallest absolute Gasteiger partial charge is 0.414 e. The van der Waals surface area contributed by atoms with Crippen LogP contribution < -0.4 is 5.32 Å².